The number of likely N-dealkylation sites (tertiary alicyclic amines) is 1. The number of ketones is 1. The third-order valence-electron chi connectivity index (χ3n) is 5.88. The lowest BCUT2D eigenvalue weighted by Gasteiger charge is -2.31. The van der Waals surface area contributed by atoms with Gasteiger partial charge in [-0.25, -0.2) is 22.8 Å². The van der Waals surface area contributed by atoms with Crippen LogP contribution in [0.2, 0.25) is 5.02 Å². The summed E-state index contributed by atoms with van der Waals surface area (Å²) in [5.74, 6) is -0.509. The number of aromatic nitrogens is 2. The van der Waals surface area contributed by atoms with Crippen LogP contribution in [0.3, 0.4) is 0 Å². The first kappa shape index (κ1) is 26.0. The van der Waals surface area contributed by atoms with Crippen LogP contribution in [0.25, 0.3) is 0 Å². The Morgan fingerprint density at radius 3 is 2.42 bits per heavy atom. The zero-order chi connectivity index (χ0) is 25.9. The Bertz CT molecular complexity index is 1360. The van der Waals surface area contributed by atoms with Gasteiger partial charge in [-0.2, -0.15) is 0 Å². The van der Waals surface area contributed by atoms with Gasteiger partial charge in [-0.1, -0.05) is 11.6 Å². The van der Waals surface area contributed by atoms with E-state index in [0.29, 0.717) is 54.5 Å². The zero-order valence-corrected chi connectivity index (χ0v) is 21.4. The molecular weight excluding hydrogens is 509 g/mol. The van der Waals surface area contributed by atoms with Crippen molar-refractivity contribution in [2.75, 3.05) is 25.9 Å². The summed E-state index contributed by atoms with van der Waals surface area (Å²) >= 11 is 5.89. The second-order valence-corrected chi connectivity index (χ2v) is 11.1. The number of benzene rings is 2. The molecule has 2 aromatic carbocycles. The van der Waals surface area contributed by atoms with Crippen LogP contribution < -0.4 is 9.47 Å². The van der Waals surface area contributed by atoms with Crippen molar-refractivity contribution in [3.05, 3.63) is 70.8 Å². The SMILES string of the molecule is Cc1c(Oc2ccc(S(C)(=O)=O)cc2F)ncnc1OC1CCN(CC(=O)c2ccc(Cl)cc2)CC1. The molecule has 0 aliphatic carbocycles. The van der Waals surface area contributed by atoms with E-state index < -0.39 is 15.7 Å². The van der Waals surface area contributed by atoms with Crippen LogP contribution in [0, 0.1) is 12.7 Å². The molecule has 1 fully saturated rings. The minimum absolute atomic E-state index is 0.0382. The number of carbonyl (C=O) groups is 1. The number of piperidine rings is 1. The molecule has 0 radical (unpaired) electrons. The second-order valence-electron chi connectivity index (χ2n) is 8.60. The van der Waals surface area contributed by atoms with E-state index in [2.05, 4.69) is 14.9 Å². The molecule has 0 saturated carbocycles. The molecule has 3 aromatic rings. The number of carbonyl (C=O) groups excluding carboxylic acids is 1. The van der Waals surface area contributed by atoms with Gasteiger partial charge in [0.05, 0.1) is 17.0 Å². The van der Waals surface area contributed by atoms with Crippen molar-refractivity contribution in [3.63, 3.8) is 0 Å². The van der Waals surface area contributed by atoms with Crippen molar-refractivity contribution in [1.29, 1.82) is 0 Å². The number of sulfone groups is 1. The highest BCUT2D eigenvalue weighted by Gasteiger charge is 2.24. The average Bonchev–Trinajstić information content (AvgIpc) is 2.83. The molecule has 4 rings (SSSR count). The number of hydrogen-bond donors (Lipinski definition) is 0. The molecule has 190 valence electrons. The summed E-state index contributed by atoms with van der Waals surface area (Å²) in [6, 6.07) is 10.3. The number of halogens is 2. The molecule has 1 aliphatic heterocycles. The number of nitrogens with zero attached hydrogens (tertiary/aromatic N) is 3. The minimum atomic E-state index is -3.54. The predicted molar refractivity (Wildman–Crippen MR) is 132 cm³/mol. The van der Waals surface area contributed by atoms with Gasteiger partial charge in [-0.15, -0.1) is 0 Å². The molecule has 0 N–H and O–H groups in total. The lowest BCUT2D eigenvalue weighted by atomic mass is 10.1. The van der Waals surface area contributed by atoms with E-state index in [1.54, 1.807) is 31.2 Å². The Morgan fingerprint density at radius 1 is 1.11 bits per heavy atom. The summed E-state index contributed by atoms with van der Waals surface area (Å²) in [6.45, 7) is 3.40. The van der Waals surface area contributed by atoms with Crippen LogP contribution in [0.4, 0.5) is 4.39 Å². The number of hydrogen-bond acceptors (Lipinski definition) is 8. The lowest BCUT2D eigenvalue weighted by Crippen LogP contribution is -2.41. The molecule has 8 nitrogen and oxygen atoms in total. The lowest BCUT2D eigenvalue weighted by molar-refractivity contribution is 0.0774. The first-order valence-electron chi connectivity index (χ1n) is 11.3. The zero-order valence-electron chi connectivity index (χ0n) is 19.8. The summed E-state index contributed by atoms with van der Waals surface area (Å²) in [7, 11) is -3.54. The predicted octanol–water partition coefficient (Wildman–Crippen LogP) is 4.50. The van der Waals surface area contributed by atoms with E-state index in [1.165, 1.54) is 18.5 Å². The maximum absolute atomic E-state index is 14.4. The summed E-state index contributed by atoms with van der Waals surface area (Å²) in [4.78, 5) is 22.7. The van der Waals surface area contributed by atoms with E-state index in [4.69, 9.17) is 21.1 Å². The highest BCUT2D eigenvalue weighted by atomic mass is 35.5. The largest absolute Gasteiger partial charge is 0.474 e. The average molecular weight is 534 g/mol. The van der Waals surface area contributed by atoms with Gasteiger partial charge in [0.25, 0.3) is 0 Å². The standard InChI is InChI=1S/C25H25ClFN3O5S/c1-16-24(28-15-29-25(16)35-23-8-7-20(13-21(23)27)36(2,32)33)34-19-9-11-30(12-10-19)14-22(31)17-3-5-18(26)6-4-17/h3-8,13,15,19H,9-12,14H2,1-2H3. The van der Waals surface area contributed by atoms with Gasteiger partial charge in [0.15, 0.2) is 27.2 Å². The molecule has 11 heteroatoms. The number of ether oxygens (including phenoxy) is 2. The fourth-order valence-electron chi connectivity index (χ4n) is 3.81. The first-order chi connectivity index (χ1) is 17.1. The smallest absolute Gasteiger partial charge is 0.229 e. The topological polar surface area (TPSA) is 98.7 Å². The Hall–Kier alpha value is -3.08. The molecule has 0 spiro atoms. The van der Waals surface area contributed by atoms with Gasteiger partial charge in [0.2, 0.25) is 11.8 Å². The molecule has 0 bridgehead atoms. The summed E-state index contributed by atoms with van der Waals surface area (Å²) in [5, 5.41) is 0.591. The number of rotatable bonds is 8. The maximum Gasteiger partial charge on any atom is 0.229 e. The van der Waals surface area contributed by atoms with E-state index in [1.807, 2.05) is 0 Å². The van der Waals surface area contributed by atoms with Crippen molar-refractivity contribution in [1.82, 2.24) is 14.9 Å². The van der Waals surface area contributed by atoms with Gasteiger partial charge in [-0.05, 0) is 62.2 Å². The van der Waals surface area contributed by atoms with Crippen LogP contribution in [-0.4, -0.2) is 61.1 Å². The third-order valence-corrected chi connectivity index (χ3v) is 7.24. The summed E-state index contributed by atoms with van der Waals surface area (Å²) in [6.07, 6.45) is 3.56. The highest BCUT2D eigenvalue weighted by molar-refractivity contribution is 7.90. The molecule has 1 aliphatic rings. The van der Waals surface area contributed by atoms with Crippen molar-refractivity contribution in [2.24, 2.45) is 0 Å². The van der Waals surface area contributed by atoms with Crippen LogP contribution in [-0.2, 0) is 9.84 Å². The van der Waals surface area contributed by atoms with Crippen LogP contribution in [0.1, 0.15) is 28.8 Å². The molecule has 1 aromatic heterocycles. The van der Waals surface area contributed by atoms with Gasteiger partial charge in [0, 0.05) is 29.9 Å². The fraction of sp³-hybridized carbons (Fsp3) is 0.320. The first-order valence-corrected chi connectivity index (χ1v) is 13.5. The van der Waals surface area contributed by atoms with Gasteiger partial charge in [0.1, 0.15) is 12.4 Å². The molecule has 0 unspecified atom stereocenters. The van der Waals surface area contributed by atoms with Crippen molar-refractivity contribution in [3.8, 4) is 17.5 Å². The quantitative estimate of drug-likeness (QED) is 0.390. The van der Waals surface area contributed by atoms with Crippen LogP contribution >= 0.6 is 11.6 Å². The molecule has 36 heavy (non-hydrogen) atoms. The molecule has 0 atom stereocenters. The Labute approximate surface area is 214 Å². The highest BCUT2D eigenvalue weighted by Crippen LogP contribution is 2.31. The monoisotopic (exact) mass is 533 g/mol. The normalized spacial score (nSPS) is 15.0. The van der Waals surface area contributed by atoms with E-state index in [0.717, 1.165) is 12.3 Å². The second kappa shape index (κ2) is 10.9. The van der Waals surface area contributed by atoms with Crippen molar-refractivity contribution >= 4 is 27.2 Å². The van der Waals surface area contributed by atoms with E-state index in [9.17, 15) is 17.6 Å². The van der Waals surface area contributed by atoms with Gasteiger partial charge < -0.3 is 9.47 Å². The Kier molecular flexibility index (Phi) is 7.87. The fourth-order valence-corrected chi connectivity index (χ4v) is 4.57. The summed E-state index contributed by atoms with van der Waals surface area (Å²) in [5.41, 5.74) is 1.12. The van der Waals surface area contributed by atoms with E-state index in [-0.39, 0.29) is 28.4 Å². The third kappa shape index (κ3) is 6.37. The Balaban J connectivity index is 1.35. The van der Waals surface area contributed by atoms with Gasteiger partial charge in [-0.3, -0.25) is 9.69 Å². The Morgan fingerprint density at radius 2 is 1.78 bits per heavy atom. The van der Waals surface area contributed by atoms with E-state index >= 15 is 0 Å². The van der Waals surface area contributed by atoms with Gasteiger partial charge >= 0.3 is 0 Å². The van der Waals surface area contributed by atoms with Crippen molar-refractivity contribution < 1.29 is 27.1 Å². The van der Waals surface area contributed by atoms with Crippen molar-refractivity contribution in [2.45, 2.75) is 30.8 Å². The molecule has 0 amide bonds. The summed E-state index contributed by atoms with van der Waals surface area (Å²) < 4.78 is 49.3. The van der Waals surface area contributed by atoms with Crippen LogP contribution in [0.15, 0.2) is 53.7 Å². The number of Topliss-reactive ketones (excluding diaryl/α,β-unsaturated/α-hetero) is 1. The molecular formula is C25H25ClFN3O5S. The molecule has 2 heterocycles. The minimum Gasteiger partial charge on any atom is -0.474 e. The maximum atomic E-state index is 14.4. The van der Waals surface area contributed by atoms with Crippen LogP contribution in [0.5, 0.6) is 17.5 Å². The molecule has 1 saturated heterocycles.